The van der Waals surface area contributed by atoms with E-state index in [-0.39, 0.29) is 12.5 Å². The molecular formula is C21H23F2NO. The number of hydrogen-bond donors (Lipinski definition) is 0. The zero-order valence-corrected chi connectivity index (χ0v) is 14.3. The van der Waals surface area contributed by atoms with Crippen molar-refractivity contribution in [1.82, 2.24) is 4.90 Å². The molecule has 4 heteroatoms. The Morgan fingerprint density at radius 1 is 1.00 bits per heavy atom. The van der Waals surface area contributed by atoms with E-state index in [0.29, 0.717) is 6.42 Å². The van der Waals surface area contributed by atoms with Gasteiger partial charge in [-0.15, -0.1) is 0 Å². The molecule has 0 aromatic heterocycles. The van der Waals surface area contributed by atoms with Gasteiger partial charge in [0.25, 0.3) is 0 Å². The summed E-state index contributed by atoms with van der Waals surface area (Å²) in [6, 6.07) is 18.6. The summed E-state index contributed by atoms with van der Waals surface area (Å²) >= 11 is 0. The normalized spacial score (nSPS) is 32.2. The Morgan fingerprint density at radius 2 is 1.56 bits per heavy atom. The molecule has 2 nitrogen and oxygen atoms in total. The molecule has 0 saturated carbocycles. The number of ether oxygens (including phenoxy) is 1. The lowest BCUT2D eigenvalue weighted by Gasteiger charge is -2.44. The van der Waals surface area contributed by atoms with E-state index in [4.69, 9.17) is 4.74 Å². The minimum atomic E-state index is -2.26. The molecule has 0 aliphatic carbocycles. The van der Waals surface area contributed by atoms with E-state index in [0.717, 1.165) is 17.5 Å². The van der Waals surface area contributed by atoms with E-state index >= 15 is 8.78 Å². The third-order valence-corrected chi connectivity index (χ3v) is 5.68. The van der Waals surface area contributed by atoms with Crippen LogP contribution in [-0.2, 0) is 4.74 Å². The van der Waals surface area contributed by atoms with E-state index in [2.05, 4.69) is 0 Å². The minimum Gasteiger partial charge on any atom is -0.330 e. The predicted octanol–water partition coefficient (Wildman–Crippen LogP) is 4.66. The van der Waals surface area contributed by atoms with E-state index in [1.807, 2.05) is 72.6 Å². The summed E-state index contributed by atoms with van der Waals surface area (Å²) in [6.07, 6.45) is -0.645. The van der Waals surface area contributed by atoms with Gasteiger partial charge in [0.2, 0.25) is 5.85 Å². The molecule has 4 rings (SSSR count). The van der Waals surface area contributed by atoms with Crippen molar-refractivity contribution < 1.29 is 13.5 Å². The lowest BCUT2D eigenvalue weighted by atomic mass is 9.94. The fraction of sp³-hybridized carbons (Fsp3) is 0.429. The molecule has 4 atom stereocenters. The van der Waals surface area contributed by atoms with E-state index in [1.54, 1.807) is 0 Å². The summed E-state index contributed by atoms with van der Waals surface area (Å²) < 4.78 is 36.6. The summed E-state index contributed by atoms with van der Waals surface area (Å²) in [5.41, 5.74) is 1.67. The number of nitrogens with zero attached hydrogens (tertiary/aromatic N) is 1. The molecule has 132 valence electrons. The first-order chi connectivity index (χ1) is 12.1. The zero-order chi connectivity index (χ0) is 17.4. The van der Waals surface area contributed by atoms with Crippen LogP contribution < -0.4 is 0 Å². The Hall–Kier alpha value is -1.78. The first-order valence-electron chi connectivity index (χ1n) is 8.91. The van der Waals surface area contributed by atoms with Gasteiger partial charge in [-0.3, -0.25) is 4.90 Å². The Kier molecular flexibility index (Phi) is 4.34. The highest BCUT2D eigenvalue weighted by Gasteiger charge is 2.57. The van der Waals surface area contributed by atoms with E-state index in [1.165, 1.54) is 0 Å². The maximum atomic E-state index is 15.7. The molecule has 3 unspecified atom stereocenters. The van der Waals surface area contributed by atoms with Crippen LogP contribution in [0.3, 0.4) is 0 Å². The molecule has 2 aromatic carbocycles. The lowest BCUT2D eigenvalue weighted by Crippen LogP contribution is -2.57. The molecule has 2 aliphatic rings. The van der Waals surface area contributed by atoms with Gasteiger partial charge in [-0.2, -0.15) is 0 Å². The first kappa shape index (κ1) is 16.7. The largest absolute Gasteiger partial charge is 0.330 e. The van der Waals surface area contributed by atoms with E-state index in [9.17, 15) is 0 Å². The fourth-order valence-corrected chi connectivity index (χ4v) is 4.25. The van der Waals surface area contributed by atoms with Gasteiger partial charge in [-0.25, -0.2) is 8.78 Å². The monoisotopic (exact) mass is 343 g/mol. The smallest absolute Gasteiger partial charge is 0.244 e. The molecule has 2 bridgehead atoms. The van der Waals surface area contributed by atoms with Crippen LogP contribution in [0.25, 0.3) is 0 Å². The van der Waals surface area contributed by atoms with Crippen molar-refractivity contribution >= 4 is 0 Å². The summed E-state index contributed by atoms with van der Waals surface area (Å²) in [5, 5.41) is 0. The van der Waals surface area contributed by atoms with Gasteiger partial charge in [-0.05, 0) is 31.0 Å². The average Bonchev–Trinajstić information content (AvgIpc) is 2.93. The van der Waals surface area contributed by atoms with Crippen molar-refractivity contribution in [2.75, 3.05) is 7.05 Å². The SMILES string of the molecule is CN1C2CCC1C(F)[C@](F)(OC(c1ccccc1)c1ccccc1)C2. The number of piperidine rings is 1. The summed E-state index contributed by atoms with van der Waals surface area (Å²) in [5.74, 6) is -2.26. The molecule has 2 aromatic rings. The van der Waals surface area contributed by atoms with Gasteiger partial charge in [-0.1, -0.05) is 60.7 Å². The molecular weight excluding hydrogens is 320 g/mol. The average molecular weight is 343 g/mol. The quantitative estimate of drug-likeness (QED) is 0.800. The predicted molar refractivity (Wildman–Crippen MR) is 93.7 cm³/mol. The second-order valence-corrected chi connectivity index (χ2v) is 7.18. The van der Waals surface area contributed by atoms with Crippen molar-refractivity contribution in [3.8, 4) is 0 Å². The number of fused-ring (bicyclic) bond motifs is 2. The molecule has 2 saturated heterocycles. The van der Waals surface area contributed by atoms with E-state index < -0.39 is 24.2 Å². The Bertz CT molecular complexity index is 671. The Morgan fingerprint density at radius 3 is 2.12 bits per heavy atom. The van der Waals surface area contributed by atoms with Crippen LogP contribution in [0.5, 0.6) is 0 Å². The van der Waals surface area contributed by atoms with Crippen LogP contribution in [0.15, 0.2) is 60.7 Å². The van der Waals surface area contributed by atoms with Crippen LogP contribution in [0.4, 0.5) is 8.78 Å². The first-order valence-corrected chi connectivity index (χ1v) is 8.91. The maximum Gasteiger partial charge on any atom is 0.244 e. The number of benzene rings is 2. The van der Waals surface area contributed by atoms with Crippen molar-refractivity contribution in [3.63, 3.8) is 0 Å². The highest BCUT2D eigenvalue weighted by atomic mass is 19.2. The van der Waals surface area contributed by atoms with Crippen LogP contribution in [0, 0.1) is 0 Å². The topological polar surface area (TPSA) is 12.5 Å². The van der Waals surface area contributed by atoms with Gasteiger partial charge in [0, 0.05) is 18.5 Å². The molecule has 2 heterocycles. The van der Waals surface area contributed by atoms with Gasteiger partial charge in [0.05, 0.1) is 0 Å². The van der Waals surface area contributed by atoms with Crippen molar-refractivity contribution in [2.45, 2.75) is 49.5 Å². The highest BCUT2D eigenvalue weighted by Crippen LogP contribution is 2.47. The Balaban J connectivity index is 1.67. The van der Waals surface area contributed by atoms with Gasteiger partial charge in [0.1, 0.15) is 6.10 Å². The standard InChI is InChI=1S/C21H23F2NO/c1-24-17-12-13-18(24)20(22)21(23,14-17)25-19(15-8-4-2-5-9-15)16-10-6-3-7-11-16/h2-11,17-20H,12-14H2,1H3/t17?,18?,20?,21-/m1/s1. The minimum absolute atomic E-state index is 0.0502. The summed E-state index contributed by atoms with van der Waals surface area (Å²) in [6.45, 7) is 0. The molecule has 2 fully saturated rings. The number of halogens is 2. The lowest BCUT2D eigenvalue weighted by molar-refractivity contribution is -0.242. The molecule has 0 radical (unpaired) electrons. The number of rotatable bonds is 4. The second kappa shape index (κ2) is 6.50. The van der Waals surface area contributed by atoms with Crippen LogP contribution in [0.1, 0.15) is 36.5 Å². The van der Waals surface area contributed by atoms with Crippen molar-refractivity contribution in [3.05, 3.63) is 71.8 Å². The zero-order valence-electron chi connectivity index (χ0n) is 14.3. The Labute approximate surface area is 147 Å². The van der Waals surface area contributed by atoms with Gasteiger partial charge < -0.3 is 4.74 Å². The molecule has 0 N–H and O–H groups in total. The molecule has 25 heavy (non-hydrogen) atoms. The third kappa shape index (κ3) is 2.98. The summed E-state index contributed by atoms with van der Waals surface area (Å²) in [7, 11) is 1.89. The molecule has 0 amide bonds. The second-order valence-electron chi connectivity index (χ2n) is 7.18. The summed E-state index contributed by atoms with van der Waals surface area (Å²) in [4.78, 5) is 1.98. The molecule has 2 aliphatic heterocycles. The van der Waals surface area contributed by atoms with Crippen molar-refractivity contribution in [1.29, 1.82) is 0 Å². The maximum absolute atomic E-state index is 15.7. The molecule has 0 spiro atoms. The highest BCUT2D eigenvalue weighted by molar-refractivity contribution is 5.30. The van der Waals surface area contributed by atoms with Gasteiger partial charge >= 0.3 is 0 Å². The van der Waals surface area contributed by atoms with Crippen LogP contribution in [-0.4, -0.2) is 36.1 Å². The fourth-order valence-electron chi connectivity index (χ4n) is 4.25. The van der Waals surface area contributed by atoms with Crippen LogP contribution in [0.2, 0.25) is 0 Å². The third-order valence-electron chi connectivity index (χ3n) is 5.68. The number of alkyl halides is 2. The van der Waals surface area contributed by atoms with Crippen molar-refractivity contribution in [2.24, 2.45) is 0 Å². The van der Waals surface area contributed by atoms with Gasteiger partial charge in [0.15, 0.2) is 6.17 Å². The van der Waals surface area contributed by atoms with Crippen LogP contribution >= 0.6 is 0 Å². The number of hydrogen-bond acceptors (Lipinski definition) is 2.